The maximum absolute atomic E-state index is 5.83. The number of benzene rings is 1. The number of nitrogens with zero attached hydrogens (tertiary/aromatic N) is 2. The fraction of sp³-hybridized carbons (Fsp3) is 0.462. The van der Waals surface area contributed by atoms with Gasteiger partial charge in [0.25, 0.3) is 0 Å². The normalized spacial score (nSPS) is 12.3. The largest absolute Gasteiger partial charge is 0.331 e. The summed E-state index contributed by atoms with van der Waals surface area (Å²) in [6, 6.07) is 6.22. The number of alkyl halides is 1. The van der Waals surface area contributed by atoms with Gasteiger partial charge in [0, 0.05) is 18.3 Å². The molecular weight excluding hydrogens is 220 g/mol. The van der Waals surface area contributed by atoms with E-state index in [-0.39, 0.29) is 5.41 Å². The van der Waals surface area contributed by atoms with Crippen molar-refractivity contribution in [3.63, 3.8) is 0 Å². The highest BCUT2D eigenvalue weighted by molar-refractivity contribution is 6.17. The van der Waals surface area contributed by atoms with E-state index < -0.39 is 0 Å². The SMILES string of the molecule is Cn1c(C(C)(C)C)nc2cc(CCl)ccc21. The van der Waals surface area contributed by atoms with E-state index in [4.69, 9.17) is 16.6 Å². The van der Waals surface area contributed by atoms with E-state index >= 15 is 0 Å². The second kappa shape index (κ2) is 3.77. The van der Waals surface area contributed by atoms with E-state index in [1.807, 2.05) is 0 Å². The Morgan fingerprint density at radius 2 is 2.00 bits per heavy atom. The quantitative estimate of drug-likeness (QED) is 0.692. The highest BCUT2D eigenvalue weighted by atomic mass is 35.5. The molecule has 2 nitrogen and oxygen atoms in total. The van der Waals surface area contributed by atoms with Crippen molar-refractivity contribution in [3.8, 4) is 0 Å². The van der Waals surface area contributed by atoms with Gasteiger partial charge in [0.2, 0.25) is 0 Å². The lowest BCUT2D eigenvalue weighted by molar-refractivity contribution is 0.526. The van der Waals surface area contributed by atoms with Crippen molar-refractivity contribution in [3.05, 3.63) is 29.6 Å². The fourth-order valence-corrected chi connectivity index (χ4v) is 2.17. The van der Waals surface area contributed by atoms with Crippen LogP contribution in [0.1, 0.15) is 32.2 Å². The Kier molecular flexibility index (Phi) is 2.70. The number of aromatic nitrogens is 2. The zero-order valence-electron chi connectivity index (χ0n) is 10.2. The van der Waals surface area contributed by atoms with Gasteiger partial charge in [-0.1, -0.05) is 26.8 Å². The number of aryl methyl sites for hydroxylation is 1. The van der Waals surface area contributed by atoms with Crippen molar-refractivity contribution in [2.45, 2.75) is 32.1 Å². The molecule has 0 atom stereocenters. The first-order valence-corrected chi connectivity index (χ1v) is 5.99. The third kappa shape index (κ3) is 1.82. The molecule has 2 aromatic rings. The fourth-order valence-electron chi connectivity index (χ4n) is 2.00. The molecule has 0 aliphatic heterocycles. The molecule has 16 heavy (non-hydrogen) atoms. The topological polar surface area (TPSA) is 17.8 Å². The van der Waals surface area contributed by atoms with Gasteiger partial charge in [0.1, 0.15) is 5.82 Å². The standard InChI is InChI=1S/C13H17ClN2/c1-13(2,3)12-15-10-7-9(8-14)5-6-11(10)16(12)4/h5-7H,8H2,1-4H3. The molecule has 1 aromatic carbocycles. The van der Waals surface area contributed by atoms with Crippen LogP contribution in [-0.4, -0.2) is 9.55 Å². The van der Waals surface area contributed by atoms with Gasteiger partial charge in [0.05, 0.1) is 11.0 Å². The molecule has 0 saturated heterocycles. The van der Waals surface area contributed by atoms with Crippen LogP contribution in [0.15, 0.2) is 18.2 Å². The molecule has 0 N–H and O–H groups in total. The van der Waals surface area contributed by atoms with Crippen LogP contribution in [-0.2, 0) is 18.3 Å². The number of fused-ring (bicyclic) bond motifs is 1. The van der Waals surface area contributed by atoms with Gasteiger partial charge < -0.3 is 4.57 Å². The average Bonchev–Trinajstić information content (AvgIpc) is 2.55. The molecule has 0 aliphatic carbocycles. The van der Waals surface area contributed by atoms with E-state index in [1.54, 1.807) is 0 Å². The number of rotatable bonds is 1. The van der Waals surface area contributed by atoms with Gasteiger partial charge in [-0.05, 0) is 17.7 Å². The van der Waals surface area contributed by atoms with Crippen LogP contribution in [0.5, 0.6) is 0 Å². The molecule has 0 aliphatic rings. The molecule has 0 fully saturated rings. The minimum absolute atomic E-state index is 0.0644. The molecule has 0 radical (unpaired) electrons. The summed E-state index contributed by atoms with van der Waals surface area (Å²) in [5.41, 5.74) is 3.38. The number of hydrogen-bond acceptors (Lipinski definition) is 1. The monoisotopic (exact) mass is 236 g/mol. The minimum Gasteiger partial charge on any atom is -0.331 e. The predicted molar refractivity (Wildman–Crippen MR) is 69.0 cm³/mol. The lowest BCUT2D eigenvalue weighted by Gasteiger charge is -2.17. The lowest BCUT2D eigenvalue weighted by Crippen LogP contribution is -2.17. The third-order valence-corrected chi connectivity index (χ3v) is 3.08. The Labute approximate surface area is 101 Å². The summed E-state index contributed by atoms with van der Waals surface area (Å²) in [5, 5.41) is 0. The summed E-state index contributed by atoms with van der Waals surface area (Å²) in [6.45, 7) is 6.53. The van der Waals surface area contributed by atoms with Crippen LogP contribution >= 0.6 is 11.6 Å². The first kappa shape index (κ1) is 11.5. The molecule has 86 valence electrons. The molecule has 0 amide bonds. The molecule has 3 heteroatoms. The van der Waals surface area contributed by atoms with Gasteiger partial charge in [-0.15, -0.1) is 11.6 Å². The highest BCUT2D eigenvalue weighted by Crippen LogP contribution is 2.26. The number of hydrogen-bond donors (Lipinski definition) is 0. The van der Waals surface area contributed by atoms with Crippen LogP contribution in [0.2, 0.25) is 0 Å². The molecule has 2 rings (SSSR count). The number of imidazole rings is 1. The minimum atomic E-state index is 0.0644. The van der Waals surface area contributed by atoms with E-state index in [1.165, 1.54) is 5.52 Å². The predicted octanol–water partition coefficient (Wildman–Crippen LogP) is 3.61. The van der Waals surface area contributed by atoms with Gasteiger partial charge >= 0.3 is 0 Å². The molecule has 0 saturated carbocycles. The zero-order valence-corrected chi connectivity index (χ0v) is 11.0. The molecule has 1 aromatic heterocycles. The molecule has 0 bridgehead atoms. The summed E-state index contributed by atoms with van der Waals surface area (Å²) in [5.74, 6) is 1.64. The van der Waals surface area contributed by atoms with E-state index in [9.17, 15) is 0 Å². The first-order valence-electron chi connectivity index (χ1n) is 5.45. The summed E-state index contributed by atoms with van der Waals surface area (Å²) in [4.78, 5) is 4.70. The Hall–Kier alpha value is -1.02. The smallest absolute Gasteiger partial charge is 0.115 e. The van der Waals surface area contributed by atoms with Gasteiger partial charge in [-0.25, -0.2) is 4.98 Å². The molecule has 1 heterocycles. The van der Waals surface area contributed by atoms with Crippen LogP contribution < -0.4 is 0 Å². The molecule has 0 unspecified atom stereocenters. The van der Waals surface area contributed by atoms with E-state index in [2.05, 4.69) is 50.6 Å². The Bertz CT molecular complexity index is 520. The lowest BCUT2D eigenvalue weighted by atomic mass is 9.96. The third-order valence-electron chi connectivity index (χ3n) is 2.77. The molecule has 0 spiro atoms. The maximum Gasteiger partial charge on any atom is 0.115 e. The van der Waals surface area contributed by atoms with Crippen LogP contribution in [0, 0.1) is 0 Å². The van der Waals surface area contributed by atoms with Crippen LogP contribution in [0.25, 0.3) is 11.0 Å². The van der Waals surface area contributed by atoms with Gasteiger partial charge in [-0.2, -0.15) is 0 Å². The van der Waals surface area contributed by atoms with Crippen molar-refractivity contribution in [2.75, 3.05) is 0 Å². The Morgan fingerprint density at radius 1 is 1.31 bits per heavy atom. The van der Waals surface area contributed by atoms with Crippen molar-refractivity contribution < 1.29 is 0 Å². The average molecular weight is 237 g/mol. The highest BCUT2D eigenvalue weighted by Gasteiger charge is 2.20. The van der Waals surface area contributed by atoms with Crippen LogP contribution in [0.3, 0.4) is 0 Å². The summed E-state index contributed by atoms with van der Waals surface area (Å²) in [7, 11) is 2.07. The maximum atomic E-state index is 5.83. The van der Waals surface area contributed by atoms with E-state index in [0.717, 1.165) is 16.9 Å². The summed E-state index contributed by atoms with van der Waals surface area (Å²) in [6.07, 6.45) is 0. The number of halogens is 1. The zero-order chi connectivity index (χ0) is 11.9. The van der Waals surface area contributed by atoms with E-state index in [0.29, 0.717) is 5.88 Å². The Morgan fingerprint density at radius 3 is 2.56 bits per heavy atom. The second-order valence-electron chi connectivity index (χ2n) is 5.20. The Balaban J connectivity index is 2.68. The summed E-state index contributed by atoms with van der Waals surface area (Å²) >= 11 is 5.83. The van der Waals surface area contributed by atoms with Crippen molar-refractivity contribution in [1.29, 1.82) is 0 Å². The van der Waals surface area contributed by atoms with Gasteiger partial charge in [-0.3, -0.25) is 0 Å². The van der Waals surface area contributed by atoms with Crippen molar-refractivity contribution >= 4 is 22.6 Å². The molecular formula is C13H17ClN2. The second-order valence-corrected chi connectivity index (χ2v) is 5.47. The van der Waals surface area contributed by atoms with Crippen molar-refractivity contribution in [2.24, 2.45) is 7.05 Å². The van der Waals surface area contributed by atoms with Crippen molar-refractivity contribution in [1.82, 2.24) is 9.55 Å². The summed E-state index contributed by atoms with van der Waals surface area (Å²) < 4.78 is 2.16. The van der Waals surface area contributed by atoms with Gasteiger partial charge in [0.15, 0.2) is 0 Å². The first-order chi connectivity index (χ1) is 7.43. The van der Waals surface area contributed by atoms with Crippen LogP contribution in [0.4, 0.5) is 0 Å².